The van der Waals surface area contributed by atoms with E-state index in [1.807, 2.05) is 39.0 Å². The number of hydrogen-bond acceptors (Lipinski definition) is 4. The Morgan fingerprint density at radius 3 is 2.13 bits per heavy atom. The van der Waals surface area contributed by atoms with Crippen molar-refractivity contribution in [1.82, 2.24) is 9.62 Å². The maximum atomic E-state index is 12.8. The number of aryl methyl sites for hydroxylation is 3. The Morgan fingerprint density at radius 1 is 0.968 bits per heavy atom. The third-order valence-corrected chi connectivity index (χ3v) is 7.57. The van der Waals surface area contributed by atoms with Crippen LogP contribution in [0.3, 0.4) is 0 Å². The predicted molar refractivity (Wildman–Crippen MR) is 120 cm³/mol. The molecule has 1 aliphatic heterocycles. The third kappa shape index (κ3) is 5.51. The van der Waals surface area contributed by atoms with Gasteiger partial charge in [-0.3, -0.25) is 9.59 Å². The van der Waals surface area contributed by atoms with Gasteiger partial charge < -0.3 is 10.6 Å². The summed E-state index contributed by atoms with van der Waals surface area (Å²) in [7, 11) is -3.56. The summed E-state index contributed by atoms with van der Waals surface area (Å²) in [6, 6.07) is 12.5. The summed E-state index contributed by atoms with van der Waals surface area (Å²) in [6.45, 7) is 6.18. The van der Waals surface area contributed by atoms with E-state index < -0.39 is 10.0 Å². The van der Waals surface area contributed by atoms with Gasteiger partial charge in [-0.15, -0.1) is 0 Å². The molecule has 0 atom stereocenters. The average Bonchev–Trinajstić information content (AvgIpc) is 2.75. The molecule has 7 nitrogen and oxygen atoms in total. The quantitative estimate of drug-likeness (QED) is 0.718. The molecule has 1 saturated heterocycles. The smallest absolute Gasteiger partial charge is 0.243 e. The molecule has 0 unspecified atom stereocenters. The van der Waals surface area contributed by atoms with Gasteiger partial charge in [0.15, 0.2) is 0 Å². The van der Waals surface area contributed by atoms with E-state index in [2.05, 4.69) is 10.6 Å². The van der Waals surface area contributed by atoms with Crippen LogP contribution >= 0.6 is 0 Å². The van der Waals surface area contributed by atoms with Crippen LogP contribution in [0.4, 0.5) is 5.69 Å². The summed E-state index contributed by atoms with van der Waals surface area (Å²) in [5.74, 6) is -0.813. The Kier molecular flexibility index (Phi) is 7.12. The average molecular weight is 444 g/mol. The molecule has 0 saturated carbocycles. The topological polar surface area (TPSA) is 95.6 Å². The predicted octanol–water partition coefficient (Wildman–Crippen LogP) is 2.77. The number of carbonyl (C=O) groups is 2. The lowest BCUT2D eigenvalue weighted by Crippen LogP contribution is -2.44. The molecule has 0 aliphatic carbocycles. The standard InChI is InChI=1S/C23H29N3O4S/c1-16-7-9-20(10-8-16)31(29,30)26-13-11-19(12-14-26)23(28)24-15-21(27)25-22-17(2)5-4-6-18(22)3/h4-10,19H,11-15H2,1-3H3,(H,24,28)(H,25,27). The number of amides is 2. The van der Waals surface area contributed by atoms with E-state index in [9.17, 15) is 18.0 Å². The minimum absolute atomic E-state index is 0.117. The molecule has 2 N–H and O–H groups in total. The number of para-hydroxylation sites is 1. The minimum Gasteiger partial charge on any atom is -0.347 e. The van der Waals surface area contributed by atoms with Gasteiger partial charge in [0.25, 0.3) is 0 Å². The van der Waals surface area contributed by atoms with Crippen LogP contribution in [0.5, 0.6) is 0 Å². The second-order valence-corrected chi connectivity index (χ2v) is 9.96. The van der Waals surface area contributed by atoms with Crippen LogP contribution in [-0.4, -0.2) is 44.2 Å². The van der Waals surface area contributed by atoms with Crippen LogP contribution < -0.4 is 10.6 Å². The summed E-state index contributed by atoms with van der Waals surface area (Å²) >= 11 is 0. The second-order valence-electron chi connectivity index (χ2n) is 8.02. The van der Waals surface area contributed by atoms with Gasteiger partial charge >= 0.3 is 0 Å². The SMILES string of the molecule is Cc1ccc(S(=O)(=O)N2CCC(C(=O)NCC(=O)Nc3c(C)cccc3C)CC2)cc1. The van der Waals surface area contributed by atoms with Gasteiger partial charge in [-0.2, -0.15) is 4.31 Å². The number of carbonyl (C=O) groups excluding carboxylic acids is 2. The molecule has 0 radical (unpaired) electrons. The van der Waals surface area contributed by atoms with Crippen molar-refractivity contribution >= 4 is 27.5 Å². The number of anilines is 1. The Hall–Kier alpha value is -2.71. The highest BCUT2D eigenvalue weighted by Crippen LogP contribution is 2.24. The van der Waals surface area contributed by atoms with E-state index in [0.717, 1.165) is 22.4 Å². The molecule has 166 valence electrons. The first-order chi connectivity index (χ1) is 14.7. The summed E-state index contributed by atoms with van der Waals surface area (Å²) in [6.07, 6.45) is 0.852. The largest absolute Gasteiger partial charge is 0.347 e. The molecule has 2 aromatic carbocycles. The Balaban J connectivity index is 1.50. The van der Waals surface area contributed by atoms with Crippen molar-refractivity contribution in [2.75, 3.05) is 25.0 Å². The Morgan fingerprint density at radius 2 is 1.55 bits per heavy atom. The fourth-order valence-electron chi connectivity index (χ4n) is 3.72. The number of rotatable bonds is 6. The van der Waals surface area contributed by atoms with Crippen molar-refractivity contribution in [3.05, 3.63) is 59.2 Å². The highest BCUT2D eigenvalue weighted by molar-refractivity contribution is 7.89. The van der Waals surface area contributed by atoms with Crippen molar-refractivity contribution in [1.29, 1.82) is 0 Å². The molecule has 1 heterocycles. The van der Waals surface area contributed by atoms with Crippen LogP contribution in [0.25, 0.3) is 0 Å². The van der Waals surface area contributed by atoms with E-state index >= 15 is 0 Å². The summed E-state index contributed by atoms with van der Waals surface area (Å²) in [4.78, 5) is 25.0. The number of benzene rings is 2. The Labute approximate surface area is 183 Å². The first-order valence-electron chi connectivity index (χ1n) is 10.4. The molecule has 2 aromatic rings. The first kappa shape index (κ1) is 23.0. The highest BCUT2D eigenvalue weighted by atomic mass is 32.2. The van der Waals surface area contributed by atoms with Crippen molar-refractivity contribution in [2.45, 2.75) is 38.5 Å². The summed E-state index contributed by atoms with van der Waals surface area (Å²) in [5, 5.41) is 5.53. The minimum atomic E-state index is -3.56. The van der Waals surface area contributed by atoms with Crippen LogP contribution in [0.1, 0.15) is 29.5 Å². The molecule has 0 spiro atoms. The van der Waals surface area contributed by atoms with Crippen molar-refractivity contribution in [2.24, 2.45) is 5.92 Å². The zero-order valence-electron chi connectivity index (χ0n) is 18.1. The van der Waals surface area contributed by atoms with Crippen LogP contribution in [0.2, 0.25) is 0 Å². The highest BCUT2D eigenvalue weighted by Gasteiger charge is 2.32. The van der Waals surface area contributed by atoms with Gasteiger partial charge in [0.05, 0.1) is 11.4 Å². The normalized spacial score (nSPS) is 15.5. The fourth-order valence-corrected chi connectivity index (χ4v) is 5.19. The van der Waals surface area contributed by atoms with Gasteiger partial charge in [-0.25, -0.2) is 8.42 Å². The molecule has 3 rings (SSSR count). The molecule has 2 amide bonds. The Bertz CT molecular complexity index is 1040. The van der Waals surface area contributed by atoms with Gasteiger partial charge in [0.2, 0.25) is 21.8 Å². The van der Waals surface area contributed by atoms with Crippen molar-refractivity contribution in [3.63, 3.8) is 0 Å². The van der Waals surface area contributed by atoms with Crippen LogP contribution in [-0.2, 0) is 19.6 Å². The first-order valence-corrected chi connectivity index (χ1v) is 11.8. The number of hydrogen-bond donors (Lipinski definition) is 2. The maximum absolute atomic E-state index is 12.8. The molecule has 0 bridgehead atoms. The number of piperidine rings is 1. The van der Waals surface area contributed by atoms with Gasteiger partial charge in [0.1, 0.15) is 0 Å². The van der Waals surface area contributed by atoms with E-state index in [-0.39, 0.29) is 42.3 Å². The lowest BCUT2D eigenvalue weighted by atomic mass is 9.97. The van der Waals surface area contributed by atoms with Crippen molar-refractivity contribution < 1.29 is 18.0 Å². The number of nitrogens with one attached hydrogen (secondary N) is 2. The van der Waals surface area contributed by atoms with Gasteiger partial charge in [0, 0.05) is 24.7 Å². The fraction of sp³-hybridized carbons (Fsp3) is 0.391. The van der Waals surface area contributed by atoms with Gasteiger partial charge in [-0.1, -0.05) is 35.9 Å². The van der Waals surface area contributed by atoms with Crippen molar-refractivity contribution in [3.8, 4) is 0 Å². The van der Waals surface area contributed by atoms with E-state index in [4.69, 9.17) is 0 Å². The lowest BCUT2D eigenvalue weighted by molar-refractivity contribution is -0.128. The van der Waals surface area contributed by atoms with E-state index in [0.29, 0.717) is 12.8 Å². The number of nitrogens with zero attached hydrogens (tertiary/aromatic N) is 1. The molecule has 8 heteroatoms. The van der Waals surface area contributed by atoms with Crippen LogP contribution in [0, 0.1) is 26.7 Å². The molecular weight excluding hydrogens is 414 g/mol. The molecule has 1 fully saturated rings. The van der Waals surface area contributed by atoms with E-state index in [1.165, 1.54) is 4.31 Å². The third-order valence-electron chi connectivity index (χ3n) is 5.65. The second kappa shape index (κ2) is 9.62. The summed E-state index contributed by atoms with van der Waals surface area (Å²) in [5.41, 5.74) is 3.68. The molecule has 0 aromatic heterocycles. The lowest BCUT2D eigenvalue weighted by Gasteiger charge is -2.30. The monoisotopic (exact) mass is 443 g/mol. The maximum Gasteiger partial charge on any atom is 0.243 e. The van der Waals surface area contributed by atoms with Crippen LogP contribution in [0.15, 0.2) is 47.4 Å². The van der Waals surface area contributed by atoms with Gasteiger partial charge in [-0.05, 0) is 56.9 Å². The summed E-state index contributed by atoms with van der Waals surface area (Å²) < 4.78 is 27.0. The zero-order valence-corrected chi connectivity index (χ0v) is 19.0. The molecular formula is C23H29N3O4S. The molecule has 1 aliphatic rings. The molecule has 31 heavy (non-hydrogen) atoms. The van der Waals surface area contributed by atoms with E-state index in [1.54, 1.807) is 24.3 Å². The zero-order chi connectivity index (χ0) is 22.6. The number of sulfonamides is 1.